The van der Waals surface area contributed by atoms with E-state index in [9.17, 15) is 0 Å². The molecule has 0 aliphatic rings. The topological polar surface area (TPSA) is 47.7 Å². The number of nitrogens with zero attached hydrogens (tertiary/aromatic N) is 4. The van der Waals surface area contributed by atoms with Crippen LogP contribution in [0.4, 0.5) is 0 Å². The Kier molecular flexibility index (Phi) is 4.24. The quantitative estimate of drug-likeness (QED) is 0.761. The van der Waals surface area contributed by atoms with Gasteiger partial charge in [-0.15, -0.1) is 0 Å². The maximum atomic E-state index is 4.76. The van der Waals surface area contributed by atoms with Crippen LogP contribution in [-0.4, -0.2) is 25.4 Å². The Hall–Kier alpha value is -2.14. The van der Waals surface area contributed by atoms with Crippen molar-refractivity contribution in [3.05, 3.63) is 48.5 Å². The van der Waals surface area contributed by atoms with Crippen molar-refractivity contribution in [2.45, 2.75) is 45.9 Å². The Morgan fingerprint density at radius 3 is 2.73 bits per heavy atom. The first-order valence-corrected chi connectivity index (χ1v) is 7.87. The lowest BCUT2D eigenvalue weighted by Gasteiger charge is -2.21. The first-order valence-electron chi connectivity index (χ1n) is 7.87. The average Bonchev–Trinajstić information content (AvgIpc) is 3.18. The van der Waals surface area contributed by atoms with E-state index in [1.165, 1.54) is 5.52 Å². The second kappa shape index (κ2) is 6.32. The van der Waals surface area contributed by atoms with Gasteiger partial charge in [-0.1, -0.05) is 12.1 Å². The molecule has 0 spiro atoms. The van der Waals surface area contributed by atoms with Crippen molar-refractivity contribution in [3.63, 3.8) is 0 Å². The molecule has 0 bridgehead atoms. The van der Waals surface area contributed by atoms with Crippen molar-refractivity contribution in [3.8, 4) is 0 Å². The monoisotopic (exact) mass is 297 g/mol. The molecule has 2 heterocycles. The number of rotatable bonds is 6. The van der Waals surface area contributed by atoms with E-state index in [0.717, 1.165) is 24.4 Å². The Labute approximate surface area is 131 Å². The van der Waals surface area contributed by atoms with Gasteiger partial charge in [-0.2, -0.15) is 5.10 Å². The lowest BCUT2D eigenvalue weighted by Crippen LogP contribution is -2.34. The molecule has 116 valence electrons. The second-order valence-electron chi connectivity index (χ2n) is 5.66. The highest BCUT2D eigenvalue weighted by Gasteiger charge is 2.15. The van der Waals surface area contributed by atoms with Crippen molar-refractivity contribution in [1.29, 1.82) is 0 Å². The van der Waals surface area contributed by atoms with Gasteiger partial charge in [0, 0.05) is 25.0 Å². The molecule has 0 radical (unpaired) electrons. The summed E-state index contributed by atoms with van der Waals surface area (Å²) in [6.07, 6.45) is 3.82. The number of aryl methyl sites for hydroxylation is 1. The van der Waals surface area contributed by atoms with Crippen LogP contribution in [0.25, 0.3) is 11.0 Å². The lowest BCUT2D eigenvalue weighted by atomic mass is 10.2. The third-order valence-corrected chi connectivity index (χ3v) is 4.30. The van der Waals surface area contributed by atoms with Crippen LogP contribution < -0.4 is 5.32 Å². The fraction of sp³-hybridized carbons (Fsp3) is 0.412. The van der Waals surface area contributed by atoms with Gasteiger partial charge >= 0.3 is 0 Å². The van der Waals surface area contributed by atoms with Gasteiger partial charge in [0.15, 0.2) is 0 Å². The summed E-state index contributed by atoms with van der Waals surface area (Å²) in [4.78, 5) is 4.76. The zero-order valence-electron chi connectivity index (χ0n) is 13.4. The molecule has 5 nitrogen and oxygen atoms in total. The summed E-state index contributed by atoms with van der Waals surface area (Å²) in [5.41, 5.74) is 2.27. The molecule has 0 aliphatic heterocycles. The highest BCUT2D eigenvalue weighted by molar-refractivity contribution is 5.75. The first-order chi connectivity index (χ1) is 10.7. The van der Waals surface area contributed by atoms with E-state index in [4.69, 9.17) is 4.98 Å². The van der Waals surface area contributed by atoms with E-state index in [0.29, 0.717) is 12.1 Å². The molecule has 3 aromatic rings. The Morgan fingerprint density at radius 1 is 1.18 bits per heavy atom. The number of benzene rings is 1. The number of aromatic nitrogens is 4. The standard InChI is InChI=1S/C17H23N5/c1-4-21-16-9-6-5-8-15(16)20-17(21)12-18-13(2)14(3)22-11-7-10-19-22/h5-11,13-14,18H,4,12H2,1-3H3/t13-,14+/m0/s1. The molecule has 1 N–H and O–H groups in total. The molecule has 5 heteroatoms. The molecule has 0 unspecified atom stereocenters. The summed E-state index contributed by atoms with van der Waals surface area (Å²) < 4.78 is 4.26. The van der Waals surface area contributed by atoms with Crippen LogP contribution in [-0.2, 0) is 13.1 Å². The van der Waals surface area contributed by atoms with Crippen molar-refractivity contribution in [1.82, 2.24) is 24.6 Å². The van der Waals surface area contributed by atoms with Crippen molar-refractivity contribution in [2.75, 3.05) is 0 Å². The summed E-state index contributed by atoms with van der Waals surface area (Å²) in [5.74, 6) is 1.09. The van der Waals surface area contributed by atoms with E-state index in [1.807, 2.05) is 29.2 Å². The number of hydrogen-bond acceptors (Lipinski definition) is 3. The second-order valence-corrected chi connectivity index (χ2v) is 5.66. The molecule has 2 aromatic heterocycles. The van der Waals surface area contributed by atoms with Gasteiger partial charge < -0.3 is 9.88 Å². The predicted octanol–water partition coefficient (Wildman–Crippen LogP) is 2.99. The van der Waals surface area contributed by atoms with Crippen molar-refractivity contribution in [2.24, 2.45) is 0 Å². The minimum atomic E-state index is 0.300. The number of imidazole rings is 1. The fourth-order valence-electron chi connectivity index (χ4n) is 2.79. The van der Waals surface area contributed by atoms with E-state index in [-0.39, 0.29) is 0 Å². The predicted molar refractivity (Wildman–Crippen MR) is 88.6 cm³/mol. The van der Waals surface area contributed by atoms with E-state index >= 15 is 0 Å². The number of hydrogen-bond donors (Lipinski definition) is 1. The number of para-hydroxylation sites is 2. The van der Waals surface area contributed by atoms with Gasteiger partial charge in [-0.05, 0) is 39.0 Å². The lowest BCUT2D eigenvalue weighted by molar-refractivity contribution is 0.360. The molecule has 0 fully saturated rings. The summed E-state index contributed by atoms with van der Waals surface area (Å²) in [6, 6.07) is 10.9. The first kappa shape index (κ1) is 14.8. The molecular weight excluding hydrogens is 274 g/mol. The molecule has 1 aromatic carbocycles. The van der Waals surface area contributed by atoms with Crippen molar-refractivity contribution >= 4 is 11.0 Å². The number of nitrogens with one attached hydrogen (secondary N) is 1. The molecule has 22 heavy (non-hydrogen) atoms. The zero-order chi connectivity index (χ0) is 15.5. The van der Waals surface area contributed by atoms with Gasteiger partial charge in [-0.25, -0.2) is 4.98 Å². The zero-order valence-corrected chi connectivity index (χ0v) is 13.4. The summed E-state index contributed by atoms with van der Waals surface area (Å²) in [6.45, 7) is 8.21. The normalized spacial score (nSPS) is 14.3. The highest BCUT2D eigenvalue weighted by atomic mass is 15.3. The number of fused-ring (bicyclic) bond motifs is 1. The Morgan fingerprint density at radius 2 is 2.00 bits per heavy atom. The molecule has 3 rings (SSSR count). The Balaban J connectivity index is 1.73. The molecule has 0 saturated carbocycles. The summed E-state index contributed by atoms with van der Waals surface area (Å²) >= 11 is 0. The van der Waals surface area contributed by atoms with Gasteiger partial charge in [0.25, 0.3) is 0 Å². The van der Waals surface area contributed by atoms with E-state index in [2.05, 4.69) is 54.0 Å². The third kappa shape index (κ3) is 2.76. The third-order valence-electron chi connectivity index (χ3n) is 4.30. The molecule has 0 amide bonds. The smallest absolute Gasteiger partial charge is 0.123 e. The maximum Gasteiger partial charge on any atom is 0.123 e. The molecule has 0 aliphatic carbocycles. The van der Waals surface area contributed by atoms with Crippen LogP contribution in [0, 0.1) is 0 Å². The van der Waals surface area contributed by atoms with Crippen LogP contribution in [0.15, 0.2) is 42.7 Å². The van der Waals surface area contributed by atoms with Crippen LogP contribution >= 0.6 is 0 Å². The van der Waals surface area contributed by atoms with Crippen LogP contribution in [0.5, 0.6) is 0 Å². The fourth-order valence-corrected chi connectivity index (χ4v) is 2.79. The molecular formula is C17H23N5. The molecule has 2 atom stereocenters. The van der Waals surface area contributed by atoms with Gasteiger partial charge in [0.05, 0.1) is 23.6 Å². The van der Waals surface area contributed by atoms with Crippen LogP contribution in [0.3, 0.4) is 0 Å². The maximum absolute atomic E-state index is 4.76. The van der Waals surface area contributed by atoms with E-state index in [1.54, 1.807) is 0 Å². The van der Waals surface area contributed by atoms with Gasteiger partial charge in [0.2, 0.25) is 0 Å². The highest BCUT2D eigenvalue weighted by Crippen LogP contribution is 2.16. The minimum Gasteiger partial charge on any atom is -0.327 e. The average molecular weight is 297 g/mol. The Bertz CT molecular complexity index is 729. The van der Waals surface area contributed by atoms with Gasteiger partial charge in [0.1, 0.15) is 5.82 Å². The van der Waals surface area contributed by atoms with Crippen molar-refractivity contribution < 1.29 is 0 Å². The van der Waals surface area contributed by atoms with Gasteiger partial charge in [-0.3, -0.25) is 4.68 Å². The molecule has 0 saturated heterocycles. The van der Waals surface area contributed by atoms with Crippen LogP contribution in [0.2, 0.25) is 0 Å². The SMILES string of the molecule is CCn1c(CN[C@@H](C)[C@@H](C)n2cccn2)nc2ccccc21. The van der Waals surface area contributed by atoms with E-state index < -0.39 is 0 Å². The summed E-state index contributed by atoms with van der Waals surface area (Å²) in [5, 5.41) is 7.90. The minimum absolute atomic E-state index is 0.300. The largest absolute Gasteiger partial charge is 0.327 e. The summed E-state index contributed by atoms with van der Waals surface area (Å²) in [7, 11) is 0. The van der Waals surface area contributed by atoms with Crippen LogP contribution in [0.1, 0.15) is 32.6 Å².